The molecule has 0 unspecified atom stereocenters. The Morgan fingerprint density at radius 1 is 1.58 bits per heavy atom. The summed E-state index contributed by atoms with van der Waals surface area (Å²) >= 11 is 10.9. The SMILES string of the molecule is CC(=O)O.OCCC[SiH2]C(Cl)Cl. The normalized spacial score (nSPS) is 10.1. The molecule has 12 heavy (non-hydrogen) atoms. The maximum absolute atomic E-state index is 9.00. The van der Waals surface area contributed by atoms with E-state index in [9.17, 15) is 0 Å². The molecular formula is C6H14Cl2O3Si. The Morgan fingerprint density at radius 3 is 2.25 bits per heavy atom. The number of aliphatic hydroxyl groups is 1. The predicted molar refractivity (Wildman–Crippen MR) is 53.9 cm³/mol. The first kappa shape index (κ1) is 14.7. The van der Waals surface area contributed by atoms with Crippen LogP contribution in [0.2, 0.25) is 6.04 Å². The topological polar surface area (TPSA) is 57.5 Å². The summed E-state index contributed by atoms with van der Waals surface area (Å²) in [6.07, 6.45) is 0.863. The minimum absolute atomic E-state index is 0.124. The van der Waals surface area contributed by atoms with Crippen LogP contribution in [0.25, 0.3) is 0 Å². The average molecular weight is 233 g/mol. The summed E-state index contributed by atoms with van der Waals surface area (Å²) in [5, 5.41) is 15.7. The van der Waals surface area contributed by atoms with Crippen LogP contribution in [0.15, 0.2) is 0 Å². The van der Waals surface area contributed by atoms with E-state index >= 15 is 0 Å². The van der Waals surface area contributed by atoms with Gasteiger partial charge in [0.25, 0.3) is 5.97 Å². The summed E-state index contributed by atoms with van der Waals surface area (Å²) in [5.41, 5.74) is 0. The van der Waals surface area contributed by atoms with Crippen molar-refractivity contribution in [2.75, 3.05) is 6.61 Å². The van der Waals surface area contributed by atoms with Gasteiger partial charge in [-0.1, -0.05) is 6.04 Å². The van der Waals surface area contributed by atoms with E-state index in [0.29, 0.717) is 0 Å². The maximum atomic E-state index is 9.00. The zero-order valence-electron chi connectivity index (χ0n) is 6.96. The largest absolute Gasteiger partial charge is 0.481 e. The van der Waals surface area contributed by atoms with Crippen molar-refractivity contribution >= 4 is 38.7 Å². The van der Waals surface area contributed by atoms with Crippen molar-refractivity contribution in [2.45, 2.75) is 23.8 Å². The molecule has 0 atom stereocenters. The molecule has 6 heteroatoms. The molecule has 0 radical (unpaired) electrons. The molecule has 0 aromatic rings. The second-order valence-corrected chi connectivity index (χ2v) is 6.54. The maximum Gasteiger partial charge on any atom is 0.300 e. The molecule has 74 valence electrons. The van der Waals surface area contributed by atoms with Gasteiger partial charge in [-0.05, 0) is 6.42 Å². The Morgan fingerprint density at radius 2 is 2.00 bits per heavy atom. The zero-order chi connectivity index (χ0) is 9.98. The standard InChI is InChI=1S/C4H10Cl2OSi.C2H4O2/c5-4(6)8-3-1-2-7;1-2(3)4/h4,7H,1-3,8H2;1H3,(H,3,4). The lowest BCUT2D eigenvalue weighted by Crippen LogP contribution is -2.00. The quantitative estimate of drug-likeness (QED) is 0.429. The summed E-state index contributed by atoms with van der Waals surface area (Å²) in [6.45, 7) is 1.35. The highest BCUT2D eigenvalue weighted by Crippen LogP contribution is 2.02. The molecule has 0 amide bonds. The van der Waals surface area contributed by atoms with Gasteiger partial charge in [0, 0.05) is 13.5 Å². The van der Waals surface area contributed by atoms with E-state index in [1.165, 1.54) is 0 Å². The summed E-state index contributed by atoms with van der Waals surface area (Å²) in [6, 6.07) is 1.05. The number of carboxylic acid groups (broad SMARTS) is 1. The van der Waals surface area contributed by atoms with Gasteiger partial charge < -0.3 is 10.2 Å². The van der Waals surface area contributed by atoms with E-state index in [-0.39, 0.29) is 20.6 Å². The van der Waals surface area contributed by atoms with Gasteiger partial charge in [0.15, 0.2) is 0 Å². The molecule has 0 saturated carbocycles. The molecule has 0 fully saturated rings. The van der Waals surface area contributed by atoms with E-state index in [2.05, 4.69) is 0 Å². The van der Waals surface area contributed by atoms with Crippen LogP contribution in [-0.2, 0) is 4.79 Å². The smallest absolute Gasteiger partial charge is 0.300 e. The molecule has 0 rings (SSSR count). The van der Waals surface area contributed by atoms with Crippen molar-refractivity contribution in [2.24, 2.45) is 0 Å². The molecule has 3 nitrogen and oxygen atoms in total. The van der Waals surface area contributed by atoms with E-state index < -0.39 is 5.97 Å². The number of aliphatic hydroxyl groups excluding tert-OH is 1. The van der Waals surface area contributed by atoms with E-state index in [4.69, 9.17) is 38.2 Å². The first-order chi connectivity index (χ1) is 5.50. The number of hydrogen-bond donors (Lipinski definition) is 2. The first-order valence-corrected chi connectivity index (χ1v) is 6.28. The lowest BCUT2D eigenvalue weighted by atomic mass is 10.5. The van der Waals surface area contributed by atoms with Crippen LogP contribution in [0.3, 0.4) is 0 Å². The predicted octanol–water partition coefficient (Wildman–Crippen LogP) is 0.808. The Hall–Kier alpha value is 0.227. The van der Waals surface area contributed by atoms with Gasteiger partial charge in [-0.25, -0.2) is 0 Å². The van der Waals surface area contributed by atoms with Crippen LogP contribution in [0.1, 0.15) is 13.3 Å². The van der Waals surface area contributed by atoms with Gasteiger partial charge >= 0.3 is 0 Å². The fourth-order valence-corrected chi connectivity index (χ4v) is 2.16. The highest BCUT2D eigenvalue weighted by atomic mass is 35.5. The summed E-state index contributed by atoms with van der Waals surface area (Å²) in [5.74, 6) is -0.833. The fraction of sp³-hybridized carbons (Fsp3) is 0.833. The van der Waals surface area contributed by atoms with E-state index in [0.717, 1.165) is 19.4 Å². The molecule has 0 aliphatic carbocycles. The van der Waals surface area contributed by atoms with Gasteiger partial charge in [0.2, 0.25) is 0 Å². The van der Waals surface area contributed by atoms with Crippen molar-refractivity contribution in [3.8, 4) is 0 Å². The molecule has 0 aromatic heterocycles. The number of alkyl halides is 2. The molecule has 0 aliphatic rings. The third-order valence-electron chi connectivity index (χ3n) is 0.830. The van der Waals surface area contributed by atoms with Crippen molar-refractivity contribution < 1.29 is 15.0 Å². The number of halogens is 2. The molecule has 0 bridgehead atoms. The van der Waals surface area contributed by atoms with Gasteiger partial charge in [-0.3, -0.25) is 4.79 Å². The molecule has 0 saturated heterocycles. The van der Waals surface area contributed by atoms with Crippen LogP contribution in [0, 0.1) is 0 Å². The summed E-state index contributed by atoms with van der Waals surface area (Å²) in [7, 11) is -0.294. The average Bonchev–Trinajstić information content (AvgIpc) is 1.86. The van der Waals surface area contributed by atoms with Gasteiger partial charge in [-0.15, -0.1) is 23.2 Å². The molecule has 0 aromatic carbocycles. The van der Waals surface area contributed by atoms with Crippen LogP contribution in [-0.4, -0.2) is 36.8 Å². The monoisotopic (exact) mass is 232 g/mol. The van der Waals surface area contributed by atoms with Crippen molar-refractivity contribution in [1.29, 1.82) is 0 Å². The number of carbonyl (C=O) groups is 1. The Bertz CT molecular complexity index is 107. The second kappa shape index (κ2) is 11.2. The van der Waals surface area contributed by atoms with Gasteiger partial charge in [0.05, 0.1) is 14.0 Å². The Labute approximate surface area is 84.5 Å². The molecule has 0 heterocycles. The molecule has 0 aliphatic heterocycles. The van der Waals surface area contributed by atoms with Crippen molar-refractivity contribution in [3.63, 3.8) is 0 Å². The number of rotatable bonds is 4. The fourth-order valence-electron chi connectivity index (χ4n) is 0.410. The van der Waals surface area contributed by atoms with Crippen LogP contribution < -0.4 is 0 Å². The lowest BCUT2D eigenvalue weighted by Gasteiger charge is -1.95. The Kier molecular flexibility index (Phi) is 13.8. The first-order valence-electron chi connectivity index (χ1n) is 3.59. The van der Waals surface area contributed by atoms with Crippen LogP contribution in [0.4, 0.5) is 0 Å². The van der Waals surface area contributed by atoms with E-state index in [1.54, 1.807) is 0 Å². The second-order valence-electron chi connectivity index (χ2n) is 2.13. The van der Waals surface area contributed by atoms with E-state index in [1.807, 2.05) is 0 Å². The highest BCUT2D eigenvalue weighted by molar-refractivity contribution is 6.68. The number of hydrogen-bond acceptors (Lipinski definition) is 2. The minimum atomic E-state index is -0.833. The summed E-state index contributed by atoms with van der Waals surface area (Å²) < 4.78 is -0.124. The minimum Gasteiger partial charge on any atom is -0.481 e. The van der Waals surface area contributed by atoms with Gasteiger partial charge in [-0.2, -0.15) is 0 Å². The van der Waals surface area contributed by atoms with Crippen LogP contribution >= 0.6 is 23.2 Å². The van der Waals surface area contributed by atoms with Gasteiger partial charge in [0.1, 0.15) is 0 Å². The molecule has 2 N–H and O–H groups in total. The number of carboxylic acids is 1. The van der Waals surface area contributed by atoms with Crippen molar-refractivity contribution in [1.82, 2.24) is 0 Å². The third-order valence-corrected chi connectivity index (χ3v) is 3.48. The Balaban J connectivity index is 0. The lowest BCUT2D eigenvalue weighted by molar-refractivity contribution is -0.134. The molecular weight excluding hydrogens is 219 g/mol. The summed E-state index contributed by atoms with van der Waals surface area (Å²) in [4.78, 5) is 9.00. The number of aliphatic carboxylic acids is 1. The van der Waals surface area contributed by atoms with Crippen molar-refractivity contribution in [3.05, 3.63) is 0 Å². The van der Waals surface area contributed by atoms with Crippen LogP contribution in [0.5, 0.6) is 0 Å². The zero-order valence-corrected chi connectivity index (χ0v) is 9.89. The third kappa shape index (κ3) is 31.9. The molecule has 0 spiro atoms. The highest BCUT2D eigenvalue weighted by Gasteiger charge is 1.96.